The highest BCUT2D eigenvalue weighted by Crippen LogP contribution is 2.60. The predicted octanol–water partition coefficient (Wildman–Crippen LogP) is 1.92. The Balaban J connectivity index is 1.97. The van der Waals surface area contributed by atoms with Crippen molar-refractivity contribution in [1.29, 1.82) is 0 Å². The van der Waals surface area contributed by atoms with Crippen molar-refractivity contribution in [2.24, 2.45) is 17.3 Å². The van der Waals surface area contributed by atoms with Crippen molar-refractivity contribution in [3.63, 3.8) is 0 Å². The number of nitrogens with zero attached hydrogens (tertiary/aromatic N) is 2. The van der Waals surface area contributed by atoms with Crippen LogP contribution in [0.3, 0.4) is 0 Å². The van der Waals surface area contributed by atoms with Crippen molar-refractivity contribution < 1.29 is 9.59 Å². The molecule has 1 saturated heterocycles. The molecule has 0 aromatic carbocycles. The van der Waals surface area contributed by atoms with Gasteiger partial charge in [0.05, 0.1) is 5.92 Å². The second-order valence-corrected chi connectivity index (χ2v) is 6.90. The van der Waals surface area contributed by atoms with Crippen LogP contribution in [0.5, 0.6) is 0 Å². The molecular formula is C16H26N2O2. The first-order chi connectivity index (χ1) is 9.25. The van der Waals surface area contributed by atoms with Gasteiger partial charge in [0.2, 0.25) is 11.8 Å². The third-order valence-electron chi connectivity index (χ3n) is 4.73. The van der Waals surface area contributed by atoms with Crippen LogP contribution in [0, 0.1) is 17.3 Å². The Morgan fingerprint density at radius 2 is 1.50 bits per heavy atom. The summed E-state index contributed by atoms with van der Waals surface area (Å²) in [5, 5.41) is 0. The number of hydrogen-bond acceptors (Lipinski definition) is 2. The van der Waals surface area contributed by atoms with Crippen LogP contribution in [0.1, 0.15) is 34.6 Å². The Morgan fingerprint density at radius 1 is 1.00 bits per heavy atom. The second-order valence-electron chi connectivity index (χ2n) is 6.90. The summed E-state index contributed by atoms with van der Waals surface area (Å²) in [6.07, 6.45) is 2.23. The first kappa shape index (κ1) is 15.1. The lowest BCUT2D eigenvalue weighted by atomic mass is 10.1. The maximum absolute atomic E-state index is 12.6. The highest BCUT2D eigenvalue weighted by Gasteiger charge is 2.61. The molecule has 1 heterocycles. The van der Waals surface area contributed by atoms with E-state index in [-0.39, 0.29) is 23.1 Å². The lowest BCUT2D eigenvalue weighted by Crippen LogP contribution is -2.50. The Labute approximate surface area is 121 Å². The van der Waals surface area contributed by atoms with E-state index in [4.69, 9.17) is 0 Å². The minimum Gasteiger partial charge on any atom is -0.339 e. The number of rotatable bonds is 2. The molecule has 2 aliphatic rings. The lowest BCUT2D eigenvalue weighted by Gasteiger charge is -2.34. The molecule has 4 nitrogen and oxygen atoms in total. The van der Waals surface area contributed by atoms with Gasteiger partial charge in [-0.15, -0.1) is 0 Å². The average Bonchev–Trinajstić information content (AvgIpc) is 2.89. The largest absolute Gasteiger partial charge is 0.339 e. The highest BCUT2D eigenvalue weighted by molar-refractivity contribution is 5.84. The quantitative estimate of drug-likeness (QED) is 0.724. The number of amides is 2. The summed E-state index contributed by atoms with van der Waals surface area (Å²) in [5.74, 6) is 0.846. The number of carbonyl (C=O) groups excluding carboxylic acids is 2. The molecule has 20 heavy (non-hydrogen) atoms. The van der Waals surface area contributed by atoms with E-state index in [1.165, 1.54) is 5.57 Å². The summed E-state index contributed by atoms with van der Waals surface area (Å²) in [6, 6.07) is 0. The van der Waals surface area contributed by atoms with Gasteiger partial charge in [0.25, 0.3) is 0 Å². The zero-order chi connectivity index (χ0) is 15.1. The Kier molecular flexibility index (Phi) is 3.94. The van der Waals surface area contributed by atoms with Crippen molar-refractivity contribution in [3.05, 3.63) is 11.6 Å². The SMILES string of the molecule is CC(=O)N1CCN(C(=O)C2C(C=C(C)C)C2(C)C)CC1. The van der Waals surface area contributed by atoms with Crippen LogP contribution >= 0.6 is 0 Å². The van der Waals surface area contributed by atoms with Crippen LogP contribution in [0.4, 0.5) is 0 Å². The first-order valence-corrected chi connectivity index (χ1v) is 7.44. The van der Waals surface area contributed by atoms with E-state index in [0.29, 0.717) is 32.1 Å². The van der Waals surface area contributed by atoms with Crippen molar-refractivity contribution in [2.75, 3.05) is 26.2 Å². The average molecular weight is 278 g/mol. The molecule has 1 aliphatic heterocycles. The van der Waals surface area contributed by atoms with E-state index in [2.05, 4.69) is 33.8 Å². The molecule has 0 radical (unpaired) electrons. The van der Waals surface area contributed by atoms with Crippen molar-refractivity contribution in [2.45, 2.75) is 34.6 Å². The van der Waals surface area contributed by atoms with Crippen LogP contribution in [0.15, 0.2) is 11.6 Å². The van der Waals surface area contributed by atoms with Gasteiger partial charge in [-0.2, -0.15) is 0 Å². The van der Waals surface area contributed by atoms with Crippen molar-refractivity contribution in [3.8, 4) is 0 Å². The summed E-state index contributed by atoms with van der Waals surface area (Å²) < 4.78 is 0. The predicted molar refractivity (Wildman–Crippen MR) is 79.0 cm³/mol. The van der Waals surface area contributed by atoms with Crippen molar-refractivity contribution >= 4 is 11.8 Å². The van der Waals surface area contributed by atoms with E-state index in [1.54, 1.807) is 6.92 Å². The van der Waals surface area contributed by atoms with E-state index in [1.807, 2.05) is 9.80 Å². The van der Waals surface area contributed by atoms with E-state index in [9.17, 15) is 9.59 Å². The summed E-state index contributed by atoms with van der Waals surface area (Å²) in [5.41, 5.74) is 1.35. The van der Waals surface area contributed by atoms with Gasteiger partial charge >= 0.3 is 0 Å². The fourth-order valence-electron chi connectivity index (χ4n) is 3.26. The van der Waals surface area contributed by atoms with Gasteiger partial charge in [-0.25, -0.2) is 0 Å². The molecule has 0 aromatic heterocycles. The minimum absolute atomic E-state index is 0.0755. The van der Waals surface area contributed by atoms with E-state index < -0.39 is 0 Å². The molecule has 1 aliphatic carbocycles. The monoisotopic (exact) mass is 278 g/mol. The maximum atomic E-state index is 12.6. The number of hydrogen-bond donors (Lipinski definition) is 0. The molecule has 0 aromatic rings. The number of carbonyl (C=O) groups is 2. The van der Waals surface area contributed by atoms with Gasteiger partial charge in [0.1, 0.15) is 0 Å². The van der Waals surface area contributed by atoms with Crippen LogP contribution in [-0.2, 0) is 9.59 Å². The Hall–Kier alpha value is -1.32. The van der Waals surface area contributed by atoms with Gasteiger partial charge in [-0.3, -0.25) is 9.59 Å². The molecule has 0 N–H and O–H groups in total. The highest BCUT2D eigenvalue weighted by atomic mass is 16.2. The van der Waals surface area contributed by atoms with E-state index in [0.717, 1.165) is 0 Å². The normalized spacial score (nSPS) is 28.1. The lowest BCUT2D eigenvalue weighted by molar-refractivity contribution is -0.139. The molecule has 2 atom stereocenters. The van der Waals surface area contributed by atoms with Crippen LogP contribution in [0.25, 0.3) is 0 Å². The minimum atomic E-state index is 0.0755. The zero-order valence-electron chi connectivity index (χ0n) is 13.3. The van der Waals surface area contributed by atoms with Gasteiger partial charge in [0.15, 0.2) is 0 Å². The summed E-state index contributed by atoms with van der Waals surface area (Å²) >= 11 is 0. The molecule has 2 rings (SSSR count). The number of piperazine rings is 1. The third-order valence-corrected chi connectivity index (χ3v) is 4.73. The first-order valence-electron chi connectivity index (χ1n) is 7.44. The zero-order valence-corrected chi connectivity index (χ0v) is 13.3. The molecule has 2 amide bonds. The number of allylic oxidation sites excluding steroid dienone is 2. The fraction of sp³-hybridized carbons (Fsp3) is 0.750. The van der Waals surface area contributed by atoms with Crippen LogP contribution in [-0.4, -0.2) is 47.8 Å². The second kappa shape index (κ2) is 5.23. The molecule has 0 bridgehead atoms. The van der Waals surface area contributed by atoms with Gasteiger partial charge in [0, 0.05) is 33.1 Å². The maximum Gasteiger partial charge on any atom is 0.226 e. The smallest absolute Gasteiger partial charge is 0.226 e. The Bertz CT molecular complexity index is 441. The van der Waals surface area contributed by atoms with Crippen LogP contribution in [0.2, 0.25) is 0 Å². The fourth-order valence-corrected chi connectivity index (χ4v) is 3.26. The van der Waals surface area contributed by atoms with E-state index >= 15 is 0 Å². The standard InChI is InChI=1S/C16H26N2O2/c1-11(2)10-13-14(16(13,4)5)15(20)18-8-6-17(7-9-18)12(3)19/h10,13-14H,6-9H2,1-5H3. The van der Waals surface area contributed by atoms with Crippen molar-refractivity contribution in [1.82, 2.24) is 9.80 Å². The van der Waals surface area contributed by atoms with Gasteiger partial charge < -0.3 is 9.80 Å². The Morgan fingerprint density at radius 3 is 1.95 bits per heavy atom. The topological polar surface area (TPSA) is 40.6 Å². The molecule has 4 heteroatoms. The molecule has 1 saturated carbocycles. The van der Waals surface area contributed by atoms with Gasteiger partial charge in [-0.1, -0.05) is 25.5 Å². The summed E-state index contributed by atoms with van der Waals surface area (Å²) in [7, 11) is 0. The van der Waals surface area contributed by atoms with Gasteiger partial charge in [-0.05, 0) is 25.2 Å². The molecule has 2 fully saturated rings. The molecule has 0 spiro atoms. The summed E-state index contributed by atoms with van der Waals surface area (Å²) in [6.45, 7) is 12.8. The third kappa shape index (κ3) is 2.74. The van der Waals surface area contributed by atoms with Crippen LogP contribution < -0.4 is 0 Å². The molecule has 112 valence electrons. The molecular weight excluding hydrogens is 252 g/mol. The molecule has 2 unspecified atom stereocenters. The summed E-state index contributed by atoms with van der Waals surface area (Å²) in [4.78, 5) is 27.7.